The Labute approximate surface area is 108 Å². The Hall–Kier alpha value is -1.30. The molecule has 0 aromatic heterocycles. The van der Waals surface area contributed by atoms with E-state index in [4.69, 9.17) is 15.7 Å². The molecule has 0 spiro atoms. The van der Waals surface area contributed by atoms with Gasteiger partial charge in [0.15, 0.2) is 5.84 Å². The summed E-state index contributed by atoms with van der Waals surface area (Å²) in [6, 6.07) is 0. The zero-order valence-electron chi connectivity index (χ0n) is 11.3. The van der Waals surface area contributed by atoms with E-state index in [1.54, 1.807) is 6.92 Å². The van der Waals surface area contributed by atoms with Crippen LogP contribution in [0.25, 0.3) is 0 Å². The molecule has 1 fully saturated rings. The van der Waals surface area contributed by atoms with Crippen LogP contribution in [0.15, 0.2) is 5.16 Å². The largest absolute Gasteiger partial charge is 0.409 e. The SMILES string of the molecule is CCC(C)(C(=O)NCC1CCOC1C)C(N)=NO. The molecule has 18 heavy (non-hydrogen) atoms. The van der Waals surface area contributed by atoms with Crippen molar-refractivity contribution in [2.75, 3.05) is 13.2 Å². The highest BCUT2D eigenvalue weighted by Crippen LogP contribution is 2.23. The first kappa shape index (κ1) is 14.8. The molecule has 0 aromatic carbocycles. The van der Waals surface area contributed by atoms with Crippen LogP contribution < -0.4 is 11.1 Å². The van der Waals surface area contributed by atoms with E-state index in [1.807, 2.05) is 13.8 Å². The second-order valence-electron chi connectivity index (χ2n) is 5.01. The zero-order chi connectivity index (χ0) is 13.8. The van der Waals surface area contributed by atoms with Crippen molar-refractivity contribution < 1.29 is 14.7 Å². The summed E-state index contributed by atoms with van der Waals surface area (Å²) in [6.07, 6.45) is 1.60. The van der Waals surface area contributed by atoms with Crippen LogP contribution in [0, 0.1) is 11.3 Å². The van der Waals surface area contributed by atoms with Crippen molar-refractivity contribution in [2.45, 2.75) is 39.7 Å². The van der Waals surface area contributed by atoms with Crippen LogP contribution in [0.1, 0.15) is 33.6 Å². The molecule has 0 saturated carbocycles. The highest BCUT2D eigenvalue weighted by Gasteiger charge is 2.37. The number of amides is 1. The van der Waals surface area contributed by atoms with Gasteiger partial charge in [0.1, 0.15) is 5.41 Å². The third-order valence-corrected chi connectivity index (χ3v) is 3.94. The van der Waals surface area contributed by atoms with Gasteiger partial charge in [-0.15, -0.1) is 0 Å². The summed E-state index contributed by atoms with van der Waals surface area (Å²) in [5, 5.41) is 14.6. The maximum atomic E-state index is 12.1. The summed E-state index contributed by atoms with van der Waals surface area (Å²) >= 11 is 0. The van der Waals surface area contributed by atoms with Crippen LogP contribution in [0.4, 0.5) is 0 Å². The molecular weight excluding hydrogens is 234 g/mol. The van der Waals surface area contributed by atoms with E-state index in [0.29, 0.717) is 18.9 Å². The Bertz CT molecular complexity index is 333. The summed E-state index contributed by atoms with van der Waals surface area (Å²) in [7, 11) is 0. The number of carbonyl (C=O) groups is 1. The van der Waals surface area contributed by atoms with Gasteiger partial charge in [-0.3, -0.25) is 4.79 Å². The number of amidine groups is 1. The molecule has 104 valence electrons. The van der Waals surface area contributed by atoms with Crippen molar-refractivity contribution in [2.24, 2.45) is 22.2 Å². The lowest BCUT2D eigenvalue weighted by Crippen LogP contribution is -2.49. The molecule has 1 rings (SSSR count). The number of ether oxygens (including phenoxy) is 1. The zero-order valence-corrected chi connectivity index (χ0v) is 11.3. The molecule has 1 aliphatic rings. The molecule has 0 bridgehead atoms. The summed E-state index contributed by atoms with van der Waals surface area (Å²) in [5.74, 6) is 0.0694. The van der Waals surface area contributed by atoms with Crippen LogP contribution in [-0.4, -0.2) is 36.2 Å². The first-order valence-electron chi connectivity index (χ1n) is 6.33. The van der Waals surface area contributed by atoms with Crippen molar-refractivity contribution in [3.05, 3.63) is 0 Å². The normalized spacial score (nSPS) is 27.8. The van der Waals surface area contributed by atoms with Crippen molar-refractivity contribution >= 4 is 11.7 Å². The fraction of sp³-hybridized carbons (Fsp3) is 0.833. The lowest BCUT2D eigenvalue weighted by Gasteiger charge is -2.26. The van der Waals surface area contributed by atoms with Gasteiger partial charge in [0.05, 0.1) is 6.10 Å². The van der Waals surface area contributed by atoms with Crippen LogP contribution in [0.2, 0.25) is 0 Å². The van der Waals surface area contributed by atoms with Crippen molar-refractivity contribution in [1.82, 2.24) is 5.32 Å². The fourth-order valence-corrected chi connectivity index (χ4v) is 2.03. The number of hydrogen-bond acceptors (Lipinski definition) is 4. The van der Waals surface area contributed by atoms with Gasteiger partial charge in [0.2, 0.25) is 5.91 Å². The molecule has 6 heteroatoms. The van der Waals surface area contributed by atoms with E-state index >= 15 is 0 Å². The average molecular weight is 257 g/mol. The smallest absolute Gasteiger partial charge is 0.233 e. The molecule has 1 aliphatic heterocycles. The van der Waals surface area contributed by atoms with E-state index in [9.17, 15) is 4.79 Å². The second-order valence-corrected chi connectivity index (χ2v) is 5.01. The molecule has 3 atom stereocenters. The van der Waals surface area contributed by atoms with Crippen molar-refractivity contribution in [1.29, 1.82) is 0 Å². The van der Waals surface area contributed by atoms with Crippen LogP contribution >= 0.6 is 0 Å². The minimum Gasteiger partial charge on any atom is -0.409 e. The second kappa shape index (κ2) is 6.04. The van der Waals surface area contributed by atoms with Gasteiger partial charge in [-0.1, -0.05) is 12.1 Å². The quantitative estimate of drug-likeness (QED) is 0.292. The van der Waals surface area contributed by atoms with E-state index in [-0.39, 0.29) is 17.8 Å². The monoisotopic (exact) mass is 257 g/mol. The number of nitrogens with one attached hydrogen (secondary N) is 1. The van der Waals surface area contributed by atoms with E-state index < -0.39 is 5.41 Å². The van der Waals surface area contributed by atoms with Gasteiger partial charge in [0, 0.05) is 19.1 Å². The Kier molecular flexibility index (Phi) is 4.95. The third-order valence-electron chi connectivity index (χ3n) is 3.94. The number of carbonyl (C=O) groups excluding carboxylic acids is 1. The number of hydrogen-bond donors (Lipinski definition) is 3. The molecule has 0 aromatic rings. The molecule has 1 heterocycles. The Balaban J connectivity index is 2.58. The lowest BCUT2D eigenvalue weighted by molar-refractivity contribution is -0.127. The first-order chi connectivity index (χ1) is 8.45. The summed E-state index contributed by atoms with van der Waals surface area (Å²) in [4.78, 5) is 12.1. The van der Waals surface area contributed by atoms with E-state index in [2.05, 4.69) is 10.5 Å². The van der Waals surface area contributed by atoms with E-state index in [1.165, 1.54) is 0 Å². The minimum absolute atomic E-state index is 0.0572. The van der Waals surface area contributed by atoms with Gasteiger partial charge in [-0.05, 0) is 26.7 Å². The number of nitrogens with zero attached hydrogens (tertiary/aromatic N) is 1. The predicted molar refractivity (Wildman–Crippen MR) is 68.3 cm³/mol. The standard InChI is InChI=1S/C12H23N3O3/c1-4-12(3,10(13)15-17)11(16)14-7-9-5-6-18-8(9)2/h8-9,17H,4-7H2,1-3H3,(H2,13,15)(H,14,16). The molecule has 1 amide bonds. The molecule has 6 nitrogen and oxygen atoms in total. The van der Waals surface area contributed by atoms with E-state index in [0.717, 1.165) is 13.0 Å². The Morgan fingerprint density at radius 3 is 2.78 bits per heavy atom. The third kappa shape index (κ3) is 2.93. The van der Waals surface area contributed by atoms with Gasteiger partial charge >= 0.3 is 0 Å². The summed E-state index contributed by atoms with van der Waals surface area (Å²) < 4.78 is 5.44. The molecule has 4 N–H and O–H groups in total. The molecule has 0 aliphatic carbocycles. The van der Waals surface area contributed by atoms with Gasteiger partial charge in [-0.2, -0.15) is 0 Å². The first-order valence-corrected chi connectivity index (χ1v) is 6.33. The minimum atomic E-state index is -0.961. The van der Waals surface area contributed by atoms with Gasteiger partial charge in [0.25, 0.3) is 0 Å². The maximum absolute atomic E-state index is 12.1. The van der Waals surface area contributed by atoms with Gasteiger partial charge < -0.3 is 21.0 Å². The number of oxime groups is 1. The molecule has 0 radical (unpaired) electrons. The average Bonchev–Trinajstić information content (AvgIpc) is 2.79. The predicted octanol–water partition coefficient (Wildman–Crippen LogP) is 0.690. The van der Waals surface area contributed by atoms with Crippen LogP contribution in [0.3, 0.4) is 0 Å². The van der Waals surface area contributed by atoms with Crippen LogP contribution in [-0.2, 0) is 9.53 Å². The van der Waals surface area contributed by atoms with Gasteiger partial charge in [-0.25, -0.2) is 0 Å². The van der Waals surface area contributed by atoms with Crippen LogP contribution in [0.5, 0.6) is 0 Å². The fourth-order valence-electron chi connectivity index (χ4n) is 2.03. The lowest BCUT2D eigenvalue weighted by atomic mass is 9.85. The number of rotatable bonds is 5. The topological polar surface area (TPSA) is 96.9 Å². The molecular formula is C12H23N3O3. The maximum Gasteiger partial charge on any atom is 0.233 e. The highest BCUT2D eigenvalue weighted by molar-refractivity contribution is 6.06. The van der Waals surface area contributed by atoms with Crippen molar-refractivity contribution in [3.8, 4) is 0 Å². The molecule has 3 unspecified atom stereocenters. The molecule has 1 saturated heterocycles. The summed E-state index contributed by atoms with van der Waals surface area (Å²) in [6.45, 7) is 6.82. The Morgan fingerprint density at radius 1 is 1.67 bits per heavy atom. The summed E-state index contributed by atoms with van der Waals surface area (Å²) in [5.41, 5.74) is 4.63. The van der Waals surface area contributed by atoms with Crippen molar-refractivity contribution in [3.63, 3.8) is 0 Å². The number of nitrogens with two attached hydrogens (primary N) is 1. The highest BCUT2D eigenvalue weighted by atomic mass is 16.5. The Morgan fingerprint density at radius 2 is 2.33 bits per heavy atom.